The highest BCUT2D eigenvalue weighted by molar-refractivity contribution is 7.89. The van der Waals surface area contributed by atoms with Crippen molar-refractivity contribution in [3.63, 3.8) is 0 Å². The summed E-state index contributed by atoms with van der Waals surface area (Å²) in [6.07, 6.45) is 2.97. The van der Waals surface area contributed by atoms with E-state index in [2.05, 4.69) is 25.3 Å². The van der Waals surface area contributed by atoms with Crippen molar-refractivity contribution in [3.05, 3.63) is 36.7 Å². The summed E-state index contributed by atoms with van der Waals surface area (Å²) in [6, 6.07) is 7.13. The lowest BCUT2D eigenvalue weighted by Gasteiger charge is -2.27. The van der Waals surface area contributed by atoms with Crippen molar-refractivity contribution in [3.8, 4) is 11.1 Å². The molecule has 1 aliphatic heterocycles. The monoisotopic (exact) mass is 403 g/mol. The molecule has 0 aliphatic carbocycles. The van der Waals surface area contributed by atoms with Crippen LogP contribution in [0.4, 0.5) is 5.13 Å². The number of thiazole rings is 1. The van der Waals surface area contributed by atoms with Crippen LogP contribution in [-0.4, -0.2) is 43.4 Å². The Kier molecular flexibility index (Phi) is 4.64. The van der Waals surface area contributed by atoms with E-state index in [0.29, 0.717) is 23.8 Å². The standard InChI is InChI=1S/C17H17N5O3S2/c1-10(23)20-17-21-15-3-2-11(5-16(15)26-17)12-4-14(9-18-6-12)27(24,25)22-13-7-19-8-13/h2-6,9,13,19,22H,7-8H2,1H3,(H,20,21,23). The molecule has 0 unspecified atom stereocenters. The van der Waals surface area contributed by atoms with Gasteiger partial charge in [-0.25, -0.2) is 18.1 Å². The molecule has 1 aliphatic rings. The van der Waals surface area contributed by atoms with Gasteiger partial charge in [0.05, 0.1) is 10.2 Å². The summed E-state index contributed by atoms with van der Waals surface area (Å²) >= 11 is 1.36. The van der Waals surface area contributed by atoms with Crippen molar-refractivity contribution in [2.24, 2.45) is 0 Å². The molecule has 0 spiro atoms. The first-order valence-electron chi connectivity index (χ1n) is 8.27. The largest absolute Gasteiger partial charge is 0.313 e. The van der Waals surface area contributed by atoms with E-state index >= 15 is 0 Å². The first-order chi connectivity index (χ1) is 12.9. The third-order valence-corrected chi connectivity index (χ3v) is 6.55. The van der Waals surface area contributed by atoms with Crippen LogP contribution in [0.3, 0.4) is 0 Å². The quantitative estimate of drug-likeness (QED) is 0.596. The number of carbonyl (C=O) groups is 1. The van der Waals surface area contributed by atoms with Gasteiger partial charge in [-0.05, 0) is 23.8 Å². The average Bonchev–Trinajstić information content (AvgIpc) is 2.99. The number of anilines is 1. The zero-order chi connectivity index (χ0) is 19.0. The van der Waals surface area contributed by atoms with Gasteiger partial charge in [-0.2, -0.15) is 0 Å². The van der Waals surface area contributed by atoms with Gasteiger partial charge in [-0.15, -0.1) is 0 Å². The summed E-state index contributed by atoms with van der Waals surface area (Å²) < 4.78 is 28.6. The number of aromatic nitrogens is 2. The highest BCUT2D eigenvalue weighted by atomic mass is 32.2. The Balaban J connectivity index is 1.65. The fourth-order valence-electron chi connectivity index (χ4n) is 2.69. The molecule has 27 heavy (non-hydrogen) atoms. The molecule has 3 N–H and O–H groups in total. The summed E-state index contributed by atoms with van der Waals surface area (Å²) in [6.45, 7) is 2.69. The van der Waals surface area contributed by atoms with Crippen LogP contribution in [0.15, 0.2) is 41.6 Å². The van der Waals surface area contributed by atoms with Gasteiger partial charge in [0.15, 0.2) is 5.13 Å². The SMILES string of the molecule is CC(=O)Nc1nc2ccc(-c3cncc(S(=O)(=O)NC4CNC4)c3)cc2s1. The third kappa shape index (κ3) is 3.83. The van der Waals surface area contributed by atoms with E-state index in [1.807, 2.05) is 18.2 Å². The Bertz CT molecular complexity index is 1120. The molecule has 0 saturated carbocycles. The molecular weight excluding hydrogens is 386 g/mol. The normalized spacial score (nSPS) is 14.9. The number of rotatable bonds is 5. The number of fused-ring (bicyclic) bond motifs is 1. The lowest BCUT2D eigenvalue weighted by atomic mass is 10.1. The molecule has 0 radical (unpaired) electrons. The predicted molar refractivity (Wildman–Crippen MR) is 104 cm³/mol. The first-order valence-corrected chi connectivity index (χ1v) is 10.6. The van der Waals surface area contributed by atoms with Gasteiger partial charge in [0.1, 0.15) is 4.90 Å². The van der Waals surface area contributed by atoms with Crippen molar-refractivity contribution in [2.75, 3.05) is 18.4 Å². The molecule has 2 aromatic heterocycles. The summed E-state index contributed by atoms with van der Waals surface area (Å²) in [7, 11) is -3.61. The van der Waals surface area contributed by atoms with Gasteiger partial charge in [0, 0.05) is 44.0 Å². The van der Waals surface area contributed by atoms with Gasteiger partial charge in [-0.3, -0.25) is 9.78 Å². The van der Waals surface area contributed by atoms with E-state index in [9.17, 15) is 13.2 Å². The molecule has 1 fully saturated rings. The molecule has 0 bridgehead atoms. The second kappa shape index (κ2) is 6.97. The van der Waals surface area contributed by atoms with Crippen LogP contribution in [0.2, 0.25) is 0 Å². The van der Waals surface area contributed by atoms with Crippen LogP contribution in [-0.2, 0) is 14.8 Å². The molecule has 8 nitrogen and oxygen atoms in total. The first kappa shape index (κ1) is 18.0. The van der Waals surface area contributed by atoms with Crippen molar-refractivity contribution < 1.29 is 13.2 Å². The van der Waals surface area contributed by atoms with E-state index in [-0.39, 0.29) is 16.8 Å². The van der Waals surface area contributed by atoms with Crippen molar-refractivity contribution in [2.45, 2.75) is 17.9 Å². The molecule has 10 heteroatoms. The number of benzene rings is 1. The number of sulfonamides is 1. The zero-order valence-electron chi connectivity index (χ0n) is 14.4. The fraction of sp³-hybridized carbons (Fsp3) is 0.235. The Morgan fingerprint density at radius 3 is 2.74 bits per heavy atom. The summed E-state index contributed by atoms with van der Waals surface area (Å²) in [5, 5.41) is 6.23. The summed E-state index contributed by atoms with van der Waals surface area (Å²) in [4.78, 5) is 19.8. The molecule has 140 valence electrons. The van der Waals surface area contributed by atoms with Gasteiger partial charge in [0.2, 0.25) is 15.9 Å². The molecular formula is C17H17N5O3S2. The summed E-state index contributed by atoms with van der Waals surface area (Å²) in [5.41, 5.74) is 2.29. The van der Waals surface area contributed by atoms with E-state index in [0.717, 1.165) is 15.8 Å². The molecule has 4 rings (SSSR count). The average molecular weight is 403 g/mol. The molecule has 1 aromatic carbocycles. The predicted octanol–water partition coefficient (Wildman–Crippen LogP) is 1.57. The minimum atomic E-state index is -3.61. The minimum Gasteiger partial charge on any atom is -0.313 e. The van der Waals surface area contributed by atoms with E-state index in [1.165, 1.54) is 24.5 Å². The Morgan fingerprint density at radius 1 is 1.22 bits per heavy atom. The molecule has 1 amide bonds. The fourth-order valence-corrected chi connectivity index (χ4v) is 4.87. The molecule has 0 atom stereocenters. The van der Waals surface area contributed by atoms with Crippen molar-refractivity contribution >= 4 is 42.6 Å². The van der Waals surface area contributed by atoms with Crippen LogP contribution in [0.1, 0.15) is 6.92 Å². The van der Waals surface area contributed by atoms with Crippen molar-refractivity contribution in [1.82, 2.24) is 20.0 Å². The van der Waals surface area contributed by atoms with Crippen LogP contribution >= 0.6 is 11.3 Å². The van der Waals surface area contributed by atoms with Crippen LogP contribution in [0, 0.1) is 0 Å². The second-order valence-electron chi connectivity index (χ2n) is 6.27. The van der Waals surface area contributed by atoms with Gasteiger partial charge < -0.3 is 10.6 Å². The maximum Gasteiger partial charge on any atom is 0.242 e. The number of amides is 1. The maximum absolute atomic E-state index is 12.5. The molecule has 3 aromatic rings. The van der Waals surface area contributed by atoms with E-state index in [1.54, 1.807) is 12.3 Å². The smallest absolute Gasteiger partial charge is 0.242 e. The van der Waals surface area contributed by atoms with Crippen molar-refractivity contribution in [1.29, 1.82) is 0 Å². The van der Waals surface area contributed by atoms with Gasteiger partial charge >= 0.3 is 0 Å². The minimum absolute atomic E-state index is 0.0839. The lowest BCUT2D eigenvalue weighted by Crippen LogP contribution is -2.56. The highest BCUT2D eigenvalue weighted by Crippen LogP contribution is 2.31. The van der Waals surface area contributed by atoms with Crippen LogP contribution in [0.25, 0.3) is 21.3 Å². The van der Waals surface area contributed by atoms with Gasteiger partial charge in [-0.1, -0.05) is 17.4 Å². The number of nitrogens with one attached hydrogen (secondary N) is 3. The highest BCUT2D eigenvalue weighted by Gasteiger charge is 2.24. The molecule has 3 heterocycles. The number of hydrogen-bond donors (Lipinski definition) is 3. The Hall–Kier alpha value is -2.40. The molecule has 1 saturated heterocycles. The Morgan fingerprint density at radius 2 is 2.04 bits per heavy atom. The topological polar surface area (TPSA) is 113 Å². The van der Waals surface area contributed by atoms with E-state index in [4.69, 9.17) is 0 Å². The van der Waals surface area contributed by atoms with Gasteiger partial charge in [0.25, 0.3) is 0 Å². The maximum atomic E-state index is 12.5. The third-order valence-electron chi connectivity index (χ3n) is 4.13. The number of nitrogens with zero attached hydrogens (tertiary/aromatic N) is 2. The van der Waals surface area contributed by atoms with E-state index < -0.39 is 10.0 Å². The van der Waals surface area contributed by atoms with Crippen LogP contribution in [0.5, 0.6) is 0 Å². The Labute approximate surface area is 160 Å². The number of hydrogen-bond acceptors (Lipinski definition) is 7. The number of pyridine rings is 1. The van der Waals surface area contributed by atoms with Crippen LogP contribution < -0.4 is 15.4 Å². The summed E-state index contributed by atoms with van der Waals surface area (Å²) in [5.74, 6) is -0.175. The lowest BCUT2D eigenvalue weighted by molar-refractivity contribution is -0.114. The number of carbonyl (C=O) groups excluding carboxylic acids is 1. The zero-order valence-corrected chi connectivity index (χ0v) is 16.0. The second-order valence-corrected chi connectivity index (χ2v) is 9.01.